The molecule has 1 heterocycles. The Kier molecular flexibility index (Phi) is 7.59. The van der Waals surface area contributed by atoms with E-state index in [2.05, 4.69) is 24.1 Å². The van der Waals surface area contributed by atoms with Crippen molar-refractivity contribution in [3.8, 4) is 0 Å². The maximum Gasteiger partial charge on any atom is 0.00980 e. The second-order valence-corrected chi connectivity index (χ2v) is 6.29. The Balaban J connectivity index is 0.00000162. The summed E-state index contributed by atoms with van der Waals surface area (Å²) < 4.78 is 0. The highest BCUT2D eigenvalue weighted by molar-refractivity contribution is 5.85. The summed E-state index contributed by atoms with van der Waals surface area (Å²) in [6, 6.07) is 1.60. The molecular formula is C15H31ClN2. The van der Waals surface area contributed by atoms with Gasteiger partial charge in [0.1, 0.15) is 0 Å². The van der Waals surface area contributed by atoms with Crippen LogP contribution in [0.15, 0.2) is 0 Å². The van der Waals surface area contributed by atoms with E-state index in [1.807, 2.05) is 0 Å². The fourth-order valence-electron chi connectivity index (χ4n) is 3.57. The van der Waals surface area contributed by atoms with Crippen LogP contribution in [0, 0.1) is 5.92 Å². The molecule has 1 saturated carbocycles. The minimum absolute atomic E-state index is 0. The fraction of sp³-hybridized carbons (Fsp3) is 1.00. The van der Waals surface area contributed by atoms with Crippen LogP contribution in [0.5, 0.6) is 0 Å². The summed E-state index contributed by atoms with van der Waals surface area (Å²) >= 11 is 0. The third-order valence-corrected chi connectivity index (χ3v) is 4.57. The number of rotatable bonds is 4. The first-order valence-electron chi connectivity index (χ1n) is 7.74. The molecule has 1 saturated heterocycles. The zero-order valence-electron chi connectivity index (χ0n) is 12.2. The molecule has 18 heavy (non-hydrogen) atoms. The summed E-state index contributed by atoms with van der Waals surface area (Å²) in [6.45, 7) is 8.57. The number of piperidine rings is 1. The lowest BCUT2D eigenvalue weighted by Crippen LogP contribution is -2.46. The lowest BCUT2D eigenvalue weighted by Gasteiger charge is -2.40. The van der Waals surface area contributed by atoms with Gasteiger partial charge in [0.25, 0.3) is 0 Å². The molecule has 0 aromatic rings. The SMILES string of the molecule is CC(C)N(CC1CCCNC1)C1CCCCC1.Cl. The smallest absolute Gasteiger partial charge is 0.00980 e. The van der Waals surface area contributed by atoms with E-state index in [1.165, 1.54) is 64.6 Å². The largest absolute Gasteiger partial charge is 0.316 e. The third-order valence-electron chi connectivity index (χ3n) is 4.57. The summed E-state index contributed by atoms with van der Waals surface area (Å²) in [6.07, 6.45) is 10.1. The third kappa shape index (κ3) is 4.71. The van der Waals surface area contributed by atoms with Gasteiger partial charge in [0.2, 0.25) is 0 Å². The van der Waals surface area contributed by atoms with Crippen LogP contribution in [0.25, 0.3) is 0 Å². The first-order valence-corrected chi connectivity index (χ1v) is 7.74. The minimum Gasteiger partial charge on any atom is -0.316 e. The topological polar surface area (TPSA) is 15.3 Å². The zero-order chi connectivity index (χ0) is 12.1. The van der Waals surface area contributed by atoms with Gasteiger partial charge < -0.3 is 5.32 Å². The van der Waals surface area contributed by atoms with Crippen LogP contribution in [0.2, 0.25) is 0 Å². The fourth-order valence-corrected chi connectivity index (χ4v) is 3.57. The summed E-state index contributed by atoms with van der Waals surface area (Å²) in [5, 5.41) is 3.56. The normalized spacial score (nSPS) is 26.3. The molecule has 2 aliphatic rings. The molecule has 3 heteroatoms. The van der Waals surface area contributed by atoms with E-state index in [-0.39, 0.29) is 12.4 Å². The van der Waals surface area contributed by atoms with Gasteiger partial charge in [0, 0.05) is 18.6 Å². The van der Waals surface area contributed by atoms with Crippen molar-refractivity contribution in [2.24, 2.45) is 5.92 Å². The molecule has 1 unspecified atom stereocenters. The Morgan fingerprint density at radius 3 is 2.33 bits per heavy atom. The molecule has 0 amide bonds. The van der Waals surface area contributed by atoms with E-state index in [1.54, 1.807) is 0 Å². The van der Waals surface area contributed by atoms with Crippen LogP contribution in [0.1, 0.15) is 58.8 Å². The minimum atomic E-state index is 0. The molecule has 1 aliphatic carbocycles. The maximum atomic E-state index is 3.56. The second kappa shape index (κ2) is 8.39. The Labute approximate surface area is 119 Å². The van der Waals surface area contributed by atoms with Crippen molar-refractivity contribution in [2.45, 2.75) is 70.9 Å². The molecule has 1 aliphatic heterocycles. The molecule has 0 radical (unpaired) electrons. The Hall–Kier alpha value is 0.210. The number of nitrogens with one attached hydrogen (secondary N) is 1. The molecule has 0 aromatic carbocycles. The average Bonchev–Trinajstić information content (AvgIpc) is 2.38. The number of hydrogen-bond acceptors (Lipinski definition) is 2. The molecule has 0 spiro atoms. The van der Waals surface area contributed by atoms with Crippen molar-refractivity contribution in [1.29, 1.82) is 0 Å². The van der Waals surface area contributed by atoms with E-state index in [0.29, 0.717) is 0 Å². The molecular weight excluding hydrogens is 244 g/mol. The summed E-state index contributed by atoms with van der Waals surface area (Å²) in [7, 11) is 0. The molecule has 2 nitrogen and oxygen atoms in total. The van der Waals surface area contributed by atoms with Crippen LogP contribution in [0.3, 0.4) is 0 Å². The second-order valence-electron chi connectivity index (χ2n) is 6.29. The predicted molar refractivity (Wildman–Crippen MR) is 81.6 cm³/mol. The number of hydrogen-bond donors (Lipinski definition) is 1. The molecule has 0 aromatic heterocycles. The van der Waals surface area contributed by atoms with Gasteiger partial charge in [0.05, 0.1) is 0 Å². The van der Waals surface area contributed by atoms with Gasteiger partial charge in [0.15, 0.2) is 0 Å². The lowest BCUT2D eigenvalue weighted by atomic mass is 9.91. The Morgan fingerprint density at radius 2 is 1.78 bits per heavy atom. The standard InChI is InChI=1S/C15H30N2.ClH/c1-13(2)17(15-8-4-3-5-9-15)12-14-7-6-10-16-11-14;/h13-16H,3-12H2,1-2H3;1H. The van der Waals surface area contributed by atoms with Crippen molar-refractivity contribution >= 4 is 12.4 Å². The van der Waals surface area contributed by atoms with Crippen molar-refractivity contribution in [1.82, 2.24) is 10.2 Å². The highest BCUT2D eigenvalue weighted by Gasteiger charge is 2.26. The van der Waals surface area contributed by atoms with Crippen LogP contribution in [-0.4, -0.2) is 36.6 Å². The quantitative estimate of drug-likeness (QED) is 0.845. The van der Waals surface area contributed by atoms with Gasteiger partial charge in [-0.1, -0.05) is 19.3 Å². The van der Waals surface area contributed by atoms with Crippen molar-refractivity contribution in [3.63, 3.8) is 0 Å². The van der Waals surface area contributed by atoms with Crippen LogP contribution in [0.4, 0.5) is 0 Å². The summed E-state index contributed by atoms with van der Waals surface area (Å²) in [4.78, 5) is 2.80. The first-order chi connectivity index (χ1) is 8.27. The molecule has 1 N–H and O–H groups in total. The van der Waals surface area contributed by atoms with Crippen LogP contribution in [-0.2, 0) is 0 Å². The van der Waals surface area contributed by atoms with E-state index in [0.717, 1.165) is 18.0 Å². The van der Waals surface area contributed by atoms with Gasteiger partial charge in [-0.05, 0) is 58.5 Å². The predicted octanol–water partition coefficient (Wildman–Crippen LogP) is 3.45. The van der Waals surface area contributed by atoms with E-state index < -0.39 is 0 Å². The van der Waals surface area contributed by atoms with E-state index in [4.69, 9.17) is 0 Å². The average molecular weight is 275 g/mol. The molecule has 108 valence electrons. The number of halogens is 1. The first kappa shape index (κ1) is 16.3. The van der Waals surface area contributed by atoms with Gasteiger partial charge >= 0.3 is 0 Å². The van der Waals surface area contributed by atoms with Crippen molar-refractivity contribution in [3.05, 3.63) is 0 Å². The van der Waals surface area contributed by atoms with Gasteiger partial charge in [-0.25, -0.2) is 0 Å². The number of nitrogens with zero attached hydrogens (tertiary/aromatic N) is 1. The Morgan fingerprint density at radius 1 is 1.06 bits per heavy atom. The lowest BCUT2D eigenvalue weighted by molar-refractivity contribution is 0.0931. The van der Waals surface area contributed by atoms with Crippen LogP contribution < -0.4 is 5.32 Å². The monoisotopic (exact) mass is 274 g/mol. The van der Waals surface area contributed by atoms with E-state index in [9.17, 15) is 0 Å². The maximum absolute atomic E-state index is 3.56. The van der Waals surface area contributed by atoms with Crippen molar-refractivity contribution < 1.29 is 0 Å². The molecule has 2 fully saturated rings. The summed E-state index contributed by atoms with van der Waals surface area (Å²) in [5.41, 5.74) is 0. The molecule has 0 bridgehead atoms. The van der Waals surface area contributed by atoms with E-state index >= 15 is 0 Å². The molecule has 2 rings (SSSR count). The van der Waals surface area contributed by atoms with Gasteiger partial charge in [-0.2, -0.15) is 0 Å². The van der Waals surface area contributed by atoms with Gasteiger partial charge in [-0.15, -0.1) is 12.4 Å². The summed E-state index contributed by atoms with van der Waals surface area (Å²) in [5.74, 6) is 0.896. The Bertz CT molecular complexity index is 209. The molecule has 1 atom stereocenters. The zero-order valence-corrected chi connectivity index (χ0v) is 13.0. The highest BCUT2D eigenvalue weighted by Crippen LogP contribution is 2.26. The van der Waals surface area contributed by atoms with Gasteiger partial charge in [-0.3, -0.25) is 4.90 Å². The van der Waals surface area contributed by atoms with Crippen LogP contribution >= 0.6 is 12.4 Å². The van der Waals surface area contributed by atoms with Crippen molar-refractivity contribution in [2.75, 3.05) is 19.6 Å². The highest BCUT2D eigenvalue weighted by atomic mass is 35.5.